The zero-order valence-electron chi connectivity index (χ0n) is 16.3. The van der Waals surface area contributed by atoms with Crippen LogP contribution in [0.3, 0.4) is 0 Å². The van der Waals surface area contributed by atoms with Gasteiger partial charge in [-0.15, -0.1) is 0 Å². The van der Waals surface area contributed by atoms with Crippen molar-refractivity contribution in [3.05, 3.63) is 94.5 Å². The van der Waals surface area contributed by atoms with E-state index in [1.165, 1.54) is 6.21 Å². The molecule has 0 atom stereocenters. The molecule has 0 unspecified atom stereocenters. The molecule has 3 aromatic rings. The number of hydrogen-bond acceptors (Lipinski definition) is 4. The van der Waals surface area contributed by atoms with Crippen LogP contribution in [0, 0.1) is 6.92 Å². The van der Waals surface area contributed by atoms with Gasteiger partial charge in [0, 0.05) is 21.8 Å². The zero-order valence-corrected chi connectivity index (χ0v) is 17.0. The molecular formula is C23H20ClN3O3. The van der Waals surface area contributed by atoms with Crippen molar-refractivity contribution in [3.8, 4) is 5.75 Å². The number of rotatable bonds is 7. The number of aryl methyl sites for hydroxylation is 1. The Bertz CT molecular complexity index is 1070. The lowest BCUT2D eigenvalue weighted by atomic mass is 10.2. The molecule has 0 saturated carbocycles. The number of anilines is 1. The summed E-state index contributed by atoms with van der Waals surface area (Å²) in [5, 5.41) is 7.29. The molecular weight excluding hydrogens is 402 g/mol. The number of para-hydroxylation sites is 1. The standard InChI is InChI=1S/C23H20ClN3O3/c1-16-11-12-19(13-20(16)24)26-22(28)15-30-21-10-6-5-9-18(21)14-25-27-23(29)17-7-3-2-4-8-17/h2-14H,15H2,1H3,(H,26,28)(H,27,29)/b25-14+. The van der Waals surface area contributed by atoms with E-state index >= 15 is 0 Å². The monoisotopic (exact) mass is 421 g/mol. The Morgan fingerprint density at radius 1 is 1.03 bits per heavy atom. The highest BCUT2D eigenvalue weighted by molar-refractivity contribution is 6.31. The van der Waals surface area contributed by atoms with Gasteiger partial charge in [0.15, 0.2) is 6.61 Å². The van der Waals surface area contributed by atoms with E-state index in [9.17, 15) is 9.59 Å². The van der Waals surface area contributed by atoms with Crippen LogP contribution in [0.2, 0.25) is 5.02 Å². The first-order valence-corrected chi connectivity index (χ1v) is 9.57. The second kappa shape index (κ2) is 10.2. The minimum Gasteiger partial charge on any atom is -0.483 e. The molecule has 0 aliphatic rings. The lowest BCUT2D eigenvalue weighted by Crippen LogP contribution is -2.20. The number of benzene rings is 3. The molecule has 0 heterocycles. The number of halogens is 1. The summed E-state index contributed by atoms with van der Waals surface area (Å²) in [6.45, 7) is 1.70. The lowest BCUT2D eigenvalue weighted by molar-refractivity contribution is -0.118. The predicted octanol–water partition coefficient (Wildman–Crippen LogP) is 4.43. The number of carbonyl (C=O) groups excluding carboxylic acids is 2. The van der Waals surface area contributed by atoms with Crippen LogP contribution in [0.5, 0.6) is 5.75 Å². The summed E-state index contributed by atoms with van der Waals surface area (Å²) in [4.78, 5) is 24.2. The van der Waals surface area contributed by atoms with Crippen molar-refractivity contribution in [2.45, 2.75) is 6.92 Å². The van der Waals surface area contributed by atoms with Crippen LogP contribution in [-0.4, -0.2) is 24.6 Å². The van der Waals surface area contributed by atoms with Gasteiger partial charge in [0.05, 0.1) is 6.21 Å². The number of amides is 2. The Kier molecular flexibility index (Phi) is 7.19. The molecule has 0 radical (unpaired) electrons. The maximum atomic E-state index is 12.2. The van der Waals surface area contributed by atoms with Crippen LogP contribution in [0.25, 0.3) is 0 Å². The minimum atomic E-state index is -0.320. The molecule has 0 fully saturated rings. The highest BCUT2D eigenvalue weighted by Gasteiger charge is 2.08. The van der Waals surface area contributed by atoms with Gasteiger partial charge < -0.3 is 10.1 Å². The van der Waals surface area contributed by atoms with Gasteiger partial charge in [0.2, 0.25) is 0 Å². The Hall–Kier alpha value is -3.64. The van der Waals surface area contributed by atoms with Gasteiger partial charge in [-0.25, -0.2) is 5.43 Å². The zero-order chi connectivity index (χ0) is 21.3. The van der Waals surface area contributed by atoms with E-state index in [1.807, 2.05) is 25.1 Å². The van der Waals surface area contributed by atoms with Gasteiger partial charge in [0.1, 0.15) is 5.75 Å². The molecule has 2 amide bonds. The average Bonchev–Trinajstić information content (AvgIpc) is 2.76. The van der Waals surface area contributed by atoms with Gasteiger partial charge in [0.25, 0.3) is 11.8 Å². The van der Waals surface area contributed by atoms with Crippen LogP contribution in [0.1, 0.15) is 21.5 Å². The Balaban J connectivity index is 1.57. The lowest BCUT2D eigenvalue weighted by Gasteiger charge is -2.10. The number of carbonyl (C=O) groups is 2. The fourth-order valence-electron chi connectivity index (χ4n) is 2.54. The highest BCUT2D eigenvalue weighted by atomic mass is 35.5. The number of hydrogen-bond donors (Lipinski definition) is 2. The van der Waals surface area contributed by atoms with Gasteiger partial charge in [-0.2, -0.15) is 5.10 Å². The van der Waals surface area contributed by atoms with Crippen molar-refractivity contribution in [1.82, 2.24) is 5.43 Å². The molecule has 0 spiro atoms. The number of nitrogens with one attached hydrogen (secondary N) is 2. The summed E-state index contributed by atoms with van der Waals surface area (Å²) in [6, 6.07) is 21.1. The van der Waals surface area contributed by atoms with E-state index < -0.39 is 0 Å². The van der Waals surface area contributed by atoms with Crippen LogP contribution < -0.4 is 15.5 Å². The number of nitrogens with zero attached hydrogens (tertiary/aromatic N) is 1. The van der Waals surface area contributed by atoms with E-state index in [4.69, 9.17) is 16.3 Å². The van der Waals surface area contributed by atoms with E-state index in [2.05, 4.69) is 15.8 Å². The SMILES string of the molecule is Cc1ccc(NC(=O)COc2ccccc2/C=N/NC(=O)c2ccccc2)cc1Cl. The smallest absolute Gasteiger partial charge is 0.271 e. The fourth-order valence-corrected chi connectivity index (χ4v) is 2.72. The first-order chi connectivity index (χ1) is 14.5. The van der Waals surface area contributed by atoms with Crippen LogP contribution in [0.15, 0.2) is 77.9 Å². The summed E-state index contributed by atoms with van der Waals surface area (Å²) < 4.78 is 5.62. The van der Waals surface area contributed by atoms with Crippen molar-refractivity contribution in [2.24, 2.45) is 5.10 Å². The van der Waals surface area contributed by atoms with Crippen molar-refractivity contribution in [2.75, 3.05) is 11.9 Å². The molecule has 0 aliphatic heterocycles. The van der Waals surface area contributed by atoms with Crippen LogP contribution in [0.4, 0.5) is 5.69 Å². The molecule has 6 nitrogen and oxygen atoms in total. The molecule has 7 heteroatoms. The summed E-state index contributed by atoms with van der Waals surface area (Å²) in [5.41, 5.74) is 5.12. The first-order valence-electron chi connectivity index (χ1n) is 9.19. The summed E-state index contributed by atoms with van der Waals surface area (Å²) in [6.07, 6.45) is 1.47. The first kappa shape index (κ1) is 21.1. The number of hydrazone groups is 1. The largest absolute Gasteiger partial charge is 0.483 e. The Morgan fingerprint density at radius 3 is 2.53 bits per heavy atom. The molecule has 3 rings (SSSR count). The topological polar surface area (TPSA) is 79.8 Å². The van der Waals surface area contributed by atoms with Crippen molar-refractivity contribution < 1.29 is 14.3 Å². The molecule has 2 N–H and O–H groups in total. The molecule has 3 aromatic carbocycles. The third kappa shape index (κ3) is 5.93. The van der Waals surface area contributed by atoms with Crippen molar-refractivity contribution >= 4 is 35.3 Å². The van der Waals surface area contributed by atoms with Gasteiger partial charge in [-0.05, 0) is 48.9 Å². The third-order valence-corrected chi connectivity index (χ3v) is 4.55. The maximum absolute atomic E-state index is 12.2. The van der Waals surface area contributed by atoms with Crippen LogP contribution >= 0.6 is 11.6 Å². The summed E-state index contributed by atoms with van der Waals surface area (Å²) in [5.74, 6) is -0.173. The highest BCUT2D eigenvalue weighted by Crippen LogP contribution is 2.20. The average molecular weight is 422 g/mol. The molecule has 30 heavy (non-hydrogen) atoms. The normalized spacial score (nSPS) is 10.6. The second-order valence-electron chi connectivity index (χ2n) is 6.40. The van der Waals surface area contributed by atoms with Gasteiger partial charge in [-0.1, -0.05) is 48.0 Å². The molecule has 0 aromatic heterocycles. The fraction of sp³-hybridized carbons (Fsp3) is 0.0870. The predicted molar refractivity (Wildman–Crippen MR) is 118 cm³/mol. The summed E-state index contributed by atoms with van der Waals surface area (Å²) in [7, 11) is 0. The molecule has 0 bridgehead atoms. The Morgan fingerprint density at radius 2 is 1.77 bits per heavy atom. The third-order valence-electron chi connectivity index (χ3n) is 4.14. The molecule has 0 saturated heterocycles. The number of ether oxygens (including phenoxy) is 1. The molecule has 0 aliphatic carbocycles. The molecule has 152 valence electrons. The van der Waals surface area contributed by atoms with E-state index in [1.54, 1.807) is 54.6 Å². The van der Waals surface area contributed by atoms with Crippen molar-refractivity contribution in [3.63, 3.8) is 0 Å². The van der Waals surface area contributed by atoms with Crippen molar-refractivity contribution in [1.29, 1.82) is 0 Å². The van der Waals surface area contributed by atoms with E-state index in [0.29, 0.717) is 27.6 Å². The van der Waals surface area contributed by atoms with Gasteiger partial charge >= 0.3 is 0 Å². The second-order valence-corrected chi connectivity index (χ2v) is 6.81. The summed E-state index contributed by atoms with van der Waals surface area (Å²) >= 11 is 6.07. The Labute approximate surface area is 179 Å². The van der Waals surface area contributed by atoms with E-state index in [0.717, 1.165) is 5.56 Å². The van der Waals surface area contributed by atoms with Gasteiger partial charge in [-0.3, -0.25) is 9.59 Å². The van der Waals surface area contributed by atoms with E-state index in [-0.39, 0.29) is 18.4 Å². The van der Waals surface area contributed by atoms with Crippen LogP contribution in [-0.2, 0) is 4.79 Å². The maximum Gasteiger partial charge on any atom is 0.271 e. The quantitative estimate of drug-likeness (QED) is 0.437. The minimum absolute atomic E-state index is 0.188.